The number of carbonyl (C=O) groups is 1. The van der Waals surface area contributed by atoms with Crippen molar-refractivity contribution < 1.29 is 9.90 Å². The summed E-state index contributed by atoms with van der Waals surface area (Å²) in [5.41, 5.74) is 2.54. The van der Waals surface area contributed by atoms with Gasteiger partial charge in [-0.05, 0) is 18.1 Å². The lowest BCUT2D eigenvalue weighted by molar-refractivity contribution is -0.137. The Labute approximate surface area is 89.3 Å². The first-order valence-corrected chi connectivity index (χ1v) is 5.20. The highest BCUT2D eigenvalue weighted by Gasteiger charge is 2.25. The van der Waals surface area contributed by atoms with E-state index < -0.39 is 5.97 Å². The van der Waals surface area contributed by atoms with Gasteiger partial charge in [-0.3, -0.25) is 4.79 Å². The Kier molecular flexibility index (Phi) is 2.62. The van der Waals surface area contributed by atoms with Crippen LogP contribution in [0.3, 0.4) is 0 Å². The van der Waals surface area contributed by atoms with Crippen molar-refractivity contribution in [1.82, 2.24) is 0 Å². The van der Waals surface area contributed by atoms with E-state index in [1.54, 1.807) is 0 Å². The van der Waals surface area contributed by atoms with Crippen molar-refractivity contribution in [3.8, 4) is 0 Å². The summed E-state index contributed by atoms with van der Waals surface area (Å²) < 4.78 is 0. The molecule has 1 unspecified atom stereocenters. The number of hydrogen-bond donors (Lipinski definition) is 1. The molecule has 2 rings (SSSR count). The van der Waals surface area contributed by atoms with Gasteiger partial charge in [-0.1, -0.05) is 18.2 Å². The maximum absolute atomic E-state index is 10.5. The third kappa shape index (κ3) is 1.96. The molecule has 0 fully saturated rings. The Bertz CT molecular complexity index is 376. The van der Waals surface area contributed by atoms with Gasteiger partial charge >= 0.3 is 5.97 Å². The van der Waals surface area contributed by atoms with E-state index in [9.17, 15) is 4.79 Å². The van der Waals surface area contributed by atoms with Crippen molar-refractivity contribution >= 4 is 11.7 Å². The molecule has 80 valence electrons. The number of carboxylic acid groups (broad SMARTS) is 1. The van der Waals surface area contributed by atoms with Crippen molar-refractivity contribution in [1.29, 1.82) is 0 Å². The van der Waals surface area contributed by atoms with Crippen LogP contribution in [0.15, 0.2) is 24.3 Å². The van der Waals surface area contributed by atoms with Crippen LogP contribution in [0.2, 0.25) is 0 Å². The zero-order chi connectivity index (χ0) is 10.8. The smallest absolute Gasteiger partial charge is 0.303 e. The molecule has 0 bridgehead atoms. The summed E-state index contributed by atoms with van der Waals surface area (Å²) in [4.78, 5) is 12.7. The minimum absolute atomic E-state index is 0.257. The summed E-state index contributed by atoms with van der Waals surface area (Å²) >= 11 is 0. The lowest BCUT2D eigenvalue weighted by Gasteiger charge is -2.11. The van der Waals surface area contributed by atoms with Gasteiger partial charge in [0.05, 0.1) is 0 Å². The van der Waals surface area contributed by atoms with E-state index in [-0.39, 0.29) is 6.42 Å². The van der Waals surface area contributed by atoms with E-state index in [1.165, 1.54) is 11.3 Å². The molecule has 0 amide bonds. The van der Waals surface area contributed by atoms with Crippen LogP contribution in [-0.4, -0.2) is 24.7 Å². The molecule has 15 heavy (non-hydrogen) atoms. The molecule has 1 aromatic carbocycles. The molecule has 1 aliphatic heterocycles. The average molecular weight is 205 g/mol. The second kappa shape index (κ2) is 3.93. The zero-order valence-electron chi connectivity index (χ0n) is 8.81. The van der Waals surface area contributed by atoms with Crippen LogP contribution in [0, 0.1) is 0 Å². The largest absolute Gasteiger partial charge is 0.481 e. The molecule has 0 saturated carbocycles. The molecule has 0 saturated heterocycles. The summed E-state index contributed by atoms with van der Waals surface area (Å²) in [6, 6.07) is 8.24. The fourth-order valence-corrected chi connectivity index (χ4v) is 2.25. The van der Waals surface area contributed by atoms with Crippen molar-refractivity contribution in [2.24, 2.45) is 0 Å². The molecule has 1 heterocycles. The van der Waals surface area contributed by atoms with Gasteiger partial charge in [0.2, 0.25) is 0 Å². The SMILES string of the molecule is CN1CC(CCC(=O)O)c2ccccc21. The highest BCUT2D eigenvalue weighted by molar-refractivity contribution is 5.67. The van der Waals surface area contributed by atoms with Crippen LogP contribution in [0.4, 0.5) is 5.69 Å². The molecule has 0 spiro atoms. The fraction of sp³-hybridized carbons (Fsp3) is 0.417. The number of rotatable bonds is 3. The molecule has 0 radical (unpaired) electrons. The van der Waals surface area contributed by atoms with Crippen LogP contribution in [0.25, 0.3) is 0 Å². The first-order valence-electron chi connectivity index (χ1n) is 5.20. The van der Waals surface area contributed by atoms with E-state index in [1.807, 2.05) is 12.1 Å². The summed E-state index contributed by atoms with van der Waals surface area (Å²) in [6.45, 7) is 0.937. The Morgan fingerprint density at radius 3 is 3.00 bits per heavy atom. The van der Waals surface area contributed by atoms with Crippen molar-refractivity contribution in [3.05, 3.63) is 29.8 Å². The van der Waals surface area contributed by atoms with E-state index in [0.29, 0.717) is 5.92 Å². The fourth-order valence-electron chi connectivity index (χ4n) is 2.25. The second-order valence-corrected chi connectivity index (χ2v) is 4.07. The molecule has 0 aliphatic carbocycles. The molecule has 1 aromatic rings. The molecular weight excluding hydrogens is 190 g/mol. The van der Waals surface area contributed by atoms with E-state index in [4.69, 9.17) is 5.11 Å². The normalized spacial score (nSPS) is 19.0. The predicted molar refractivity (Wildman–Crippen MR) is 59.3 cm³/mol. The van der Waals surface area contributed by atoms with Gasteiger partial charge < -0.3 is 10.0 Å². The van der Waals surface area contributed by atoms with Gasteiger partial charge in [-0.2, -0.15) is 0 Å². The first kappa shape index (κ1) is 10.0. The van der Waals surface area contributed by atoms with E-state index in [2.05, 4.69) is 24.1 Å². The molecule has 3 heteroatoms. The number of fused-ring (bicyclic) bond motifs is 1. The lowest BCUT2D eigenvalue weighted by atomic mass is 9.96. The Hall–Kier alpha value is -1.51. The lowest BCUT2D eigenvalue weighted by Crippen LogP contribution is -2.15. The number of anilines is 1. The summed E-state index contributed by atoms with van der Waals surface area (Å²) in [5, 5.41) is 8.67. The van der Waals surface area contributed by atoms with Gasteiger partial charge in [0.1, 0.15) is 0 Å². The third-order valence-corrected chi connectivity index (χ3v) is 2.99. The molecule has 1 aliphatic rings. The number of para-hydroxylation sites is 1. The number of likely N-dealkylation sites (N-methyl/N-ethyl adjacent to an activating group) is 1. The maximum Gasteiger partial charge on any atom is 0.303 e. The number of aliphatic carboxylic acids is 1. The van der Waals surface area contributed by atoms with Gasteiger partial charge in [-0.25, -0.2) is 0 Å². The summed E-state index contributed by atoms with van der Waals surface area (Å²) in [7, 11) is 2.06. The highest BCUT2D eigenvalue weighted by Crippen LogP contribution is 2.37. The van der Waals surface area contributed by atoms with Crippen LogP contribution >= 0.6 is 0 Å². The van der Waals surface area contributed by atoms with Gasteiger partial charge in [0, 0.05) is 31.6 Å². The monoisotopic (exact) mass is 205 g/mol. The summed E-state index contributed by atoms with van der Waals surface area (Å²) in [6.07, 6.45) is 0.990. The van der Waals surface area contributed by atoms with Crippen LogP contribution < -0.4 is 4.90 Å². The molecule has 3 nitrogen and oxygen atoms in total. The molecule has 1 N–H and O–H groups in total. The first-order chi connectivity index (χ1) is 7.18. The molecular formula is C12H15NO2. The maximum atomic E-state index is 10.5. The Morgan fingerprint density at radius 1 is 1.53 bits per heavy atom. The van der Waals surface area contributed by atoms with E-state index >= 15 is 0 Å². The Morgan fingerprint density at radius 2 is 2.27 bits per heavy atom. The van der Waals surface area contributed by atoms with E-state index in [0.717, 1.165) is 13.0 Å². The van der Waals surface area contributed by atoms with Gasteiger partial charge in [-0.15, -0.1) is 0 Å². The third-order valence-electron chi connectivity index (χ3n) is 2.99. The van der Waals surface area contributed by atoms with Crippen molar-refractivity contribution in [2.45, 2.75) is 18.8 Å². The molecule has 1 atom stereocenters. The predicted octanol–water partition coefficient (Wildman–Crippen LogP) is 2.08. The number of benzene rings is 1. The quantitative estimate of drug-likeness (QED) is 0.821. The number of carboxylic acids is 1. The van der Waals surface area contributed by atoms with Crippen LogP contribution in [0.1, 0.15) is 24.3 Å². The van der Waals surface area contributed by atoms with Crippen LogP contribution in [-0.2, 0) is 4.79 Å². The highest BCUT2D eigenvalue weighted by atomic mass is 16.4. The summed E-state index contributed by atoms with van der Waals surface area (Å²) in [5.74, 6) is -0.329. The van der Waals surface area contributed by atoms with Crippen LogP contribution in [0.5, 0.6) is 0 Å². The zero-order valence-corrected chi connectivity index (χ0v) is 8.81. The average Bonchev–Trinajstić information content (AvgIpc) is 2.54. The van der Waals surface area contributed by atoms with Crippen molar-refractivity contribution in [2.75, 3.05) is 18.5 Å². The number of nitrogens with zero attached hydrogens (tertiary/aromatic N) is 1. The minimum Gasteiger partial charge on any atom is -0.481 e. The topological polar surface area (TPSA) is 40.5 Å². The van der Waals surface area contributed by atoms with Crippen molar-refractivity contribution in [3.63, 3.8) is 0 Å². The molecule has 0 aromatic heterocycles. The number of hydrogen-bond acceptors (Lipinski definition) is 2. The Balaban J connectivity index is 2.14. The van der Waals surface area contributed by atoms with Gasteiger partial charge in [0.15, 0.2) is 0 Å². The second-order valence-electron chi connectivity index (χ2n) is 4.07. The minimum atomic E-state index is -0.706. The standard InChI is InChI=1S/C12H15NO2/c1-13-8-9(6-7-12(14)15)10-4-2-3-5-11(10)13/h2-5,9H,6-8H2,1H3,(H,14,15). The van der Waals surface area contributed by atoms with Gasteiger partial charge in [0.25, 0.3) is 0 Å².